The lowest BCUT2D eigenvalue weighted by molar-refractivity contribution is -0.121. The summed E-state index contributed by atoms with van der Waals surface area (Å²) < 4.78 is 0. The van der Waals surface area contributed by atoms with Gasteiger partial charge in [0, 0.05) is 0 Å². The highest BCUT2D eigenvalue weighted by Crippen LogP contribution is 2.43. The van der Waals surface area contributed by atoms with Crippen LogP contribution in [0.5, 0.6) is 0 Å². The minimum atomic E-state index is -0.507. The molecule has 3 nitrogen and oxygen atoms in total. The van der Waals surface area contributed by atoms with E-state index >= 15 is 0 Å². The number of amides is 2. The Hall–Kier alpha value is -3.20. The molecule has 0 radical (unpaired) electrons. The van der Waals surface area contributed by atoms with Crippen LogP contribution in [0.1, 0.15) is 28.5 Å². The molecule has 0 saturated carbocycles. The van der Waals surface area contributed by atoms with Crippen LogP contribution in [0, 0.1) is 6.92 Å². The lowest BCUT2D eigenvalue weighted by Gasteiger charge is -2.15. The van der Waals surface area contributed by atoms with Gasteiger partial charge >= 0.3 is 0 Å². The lowest BCUT2D eigenvalue weighted by Crippen LogP contribution is -2.30. The zero-order valence-corrected chi connectivity index (χ0v) is 14.5. The molecule has 1 saturated heterocycles. The molecule has 1 aliphatic heterocycles. The molecule has 0 aromatic heterocycles. The molecule has 0 bridgehead atoms. The Kier molecular flexibility index (Phi) is 4.13. The van der Waals surface area contributed by atoms with Gasteiger partial charge in [0.25, 0.3) is 0 Å². The summed E-state index contributed by atoms with van der Waals surface area (Å²) in [6.45, 7) is 1.98. The molecular formula is C23H19NO2. The molecule has 128 valence electrons. The highest BCUT2D eigenvalue weighted by atomic mass is 16.2. The van der Waals surface area contributed by atoms with Crippen molar-refractivity contribution in [3.63, 3.8) is 0 Å². The Morgan fingerprint density at radius 1 is 0.615 bits per heavy atom. The van der Waals surface area contributed by atoms with E-state index in [9.17, 15) is 9.59 Å². The number of anilines is 1. The minimum absolute atomic E-state index is 0.168. The molecule has 0 spiro atoms. The third-order valence-corrected chi connectivity index (χ3v) is 4.92. The molecule has 1 heterocycles. The maximum absolute atomic E-state index is 13.3. The van der Waals surface area contributed by atoms with Crippen LogP contribution in [0.25, 0.3) is 0 Å². The zero-order chi connectivity index (χ0) is 18.1. The number of benzene rings is 3. The summed E-state index contributed by atoms with van der Waals surface area (Å²) in [6, 6.07) is 26.7. The molecule has 2 atom stereocenters. The van der Waals surface area contributed by atoms with E-state index in [0.29, 0.717) is 5.69 Å². The fourth-order valence-corrected chi connectivity index (χ4v) is 3.61. The van der Waals surface area contributed by atoms with Gasteiger partial charge in [0.1, 0.15) is 0 Å². The van der Waals surface area contributed by atoms with Crippen molar-refractivity contribution in [1.29, 1.82) is 0 Å². The summed E-state index contributed by atoms with van der Waals surface area (Å²) in [4.78, 5) is 27.9. The zero-order valence-electron chi connectivity index (χ0n) is 14.5. The third-order valence-electron chi connectivity index (χ3n) is 4.92. The molecule has 1 fully saturated rings. The summed E-state index contributed by atoms with van der Waals surface area (Å²) in [7, 11) is 0. The van der Waals surface area contributed by atoms with Crippen LogP contribution < -0.4 is 4.90 Å². The topological polar surface area (TPSA) is 37.4 Å². The second kappa shape index (κ2) is 6.60. The molecular weight excluding hydrogens is 322 g/mol. The number of nitrogens with zero attached hydrogens (tertiary/aromatic N) is 1. The second-order valence-corrected chi connectivity index (χ2v) is 6.62. The maximum atomic E-state index is 13.3. The van der Waals surface area contributed by atoms with Crippen LogP contribution in [0.4, 0.5) is 5.69 Å². The Labute approximate surface area is 152 Å². The fourth-order valence-electron chi connectivity index (χ4n) is 3.61. The highest BCUT2D eigenvalue weighted by molar-refractivity contribution is 6.25. The quantitative estimate of drug-likeness (QED) is 0.661. The molecule has 3 heteroatoms. The number of imide groups is 1. The largest absolute Gasteiger partial charge is 0.273 e. The number of hydrogen-bond acceptors (Lipinski definition) is 2. The van der Waals surface area contributed by atoms with Crippen LogP contribution in [0.2, 0.25) is 0 Å². The molecule has 26 heavy (non-hydrogen) atoms. The summed E-state index contributed by atoms with van der Waals surface area (Å²) in [5, 5.41) is 0. The Bertz CT molecular complexity index is 875. The molecule has 2 amide bonds. The van der Waals surface area contributed by atoms with E-state index in [0.717, 1.165) is 16.7 Å². The van der Waals surface area contributed by atoms with Crippen molar-refractivity contribution in [3.05, 3.63) is 102 Å². The first-order chi connectivity index (χ1) is 12.7. The average molecular weight is 341 g/mol. The molecule has 3 aromatic rings. The normalized spacial score (nSPS) is 19.8. The number of carbonyl (C=O) groups excluding carboxylic acids is 2. The highest BCUT2D eigenvalue weighted by Gasteiger charge is 2.49. The summed E-state index contributed by atoms with van der Waals surface area (Å²) in [6.07, 6.45) is 0. The van der Waals surface area contributed by atoms with Gasteiger partial charge in [-0.3, -0.25) is 9.59 Å². The first-order valence-corrected chi connectivity index (χ1v) is 8.71. The van der Waals surface area contributed by atoms with Gasteiger partial charge in [0.15, 0.2) is 0 Å². The van der Waals surface area contributed by atoms with Crippen molar-refractivity contribution in [2.24, 2.45) is 0 Å². The summed E-state index contributed by atoms with van der Waals surface area (Å²) in [5.41, 5.74) is 3.46. The standard InChI is InChI=1S/C23H19NO2/c1-16-12-14-19(15-13-16)24-22(25)20(17-8-4-2-5-9-17)21(23(24)26)18-10-6-3-7-11-18/h2-15,20-21H,1H3. The van der Waals surface area contributed by atoms with Gasteiger partial charge in [-0.05, 0) is 30.2 Å². The van der Waals surface area contributed by atoms with E-state index in [1.807, 2.05) is 91.9 Å². The van der Waals surface area contributed by atoms with Crippen LogP contribution >= 0.6 is 0 Å². The molecule has 3 aromatic carbocycles. The molecule has 0 N–H and O–H groups in total. The lowest BCUT2D eigenvalue weighted by atomic mass is 9.83. The van der Waals surface area contributed by atoms with E-state index < -0.39 is 11.8 Å². The Morgan fingerprint density at radius 2 is 1.04 bits per heavy atom. The van der Waals surface area contributed by atoms with Crippen molar-refractivity contribution in [1.82, 2.24) is 0 Å². The minimum Gasteiger partial charge on any atom is -0.273 e. The molecule has 2 unspecified atom stereocenters. The van der Waals surface area contributed by atoms with Gasteiger partial charge in [0.05, 0.1) is 17.5 Å². The smallest absolute Gasteiger partial charge is 0.242 e. The fraction of sp³-hybridized carbons (Fsp3) is 0.130. The van der Waals surface area contributed by atoms with Crippen molar-refractivity contribution in [2.45, 2.75) is 18.8 Å². The van der Waals surface area contributed by atoms with E-state index in [1.165, 1.54) is 4.90 Å². The van der Waals surface area contributed by atoms with Gasteiger partial charge in [-0.15, -0.1) is 0 Å². The van der Waals surface area contributed by atoms with Gasteiger partial charge in [-0.2, -0.15) is 0 Å². The predicted octanol–water partition coefficient (Wildman–Crippen LogP) is 4.44. The van der Waals surface area contributed by atoms with Crippen LogP contribution in [0.3, 0.4) is 0 Å². The van der Waals surface area contributed by atoms with Gasteiger partial charge < -0.3 is 0 Å². The van der Waals surface area contributed by atoms with Gasteiger partial charge in [-0.25, -0.2) is 4.90 Å². The van der Waals surface area contributed by atoms with E-state index in [2.05, 4.69) is 0 Å². The number of carbonyl (C=O) groups is 2. The number of rotatable bonds is 3. The third kappa shape index (κ3) is 2.72. The molecule has 1 aliphatic rings. The van der Waals surface area contributed by atoms with Crippen LogP contribution in [-0.4, -0.2) is 11.8 Å². The summed E-state index contributed by atoms with van der Waals surface area (Å²) in [5.74, 6) is -1.35. The number of aryl methyl sites for hydroxylation is 1. The maximum Gasteiger partial charge on any atom is 0.242 e. The molecule has 4 rings (SSSR count). The molecule has 0 aliphatic carbocycles. The average Bonchev–Trinajstić information content (AvgIpc) is 2.94. The van der Waals surface area contributed by atoms with Gasteiger partial charge in [-0.1, -0.05) is 78.4 Å². The monoisotopic (exact) mass is 341 g/mol. The van der Waals surface area contributed by atoms with E-state index in [4.69, 9.17) is 0 Å². The second-order valence-electron chi connectivity index (χ2n) is 6.62. The number of hydrogen-bond donors (Lipinski definition) is 0. The van der Waals surface area contributed by atoms with Crippen molar-refractivity contribution >= 4 is 17.5 Å². The van der Waals surface area contributed by atoms with E-state index in [1.54, 1.807) is 0 Å². The van der Waals surface area contributed by atoms with Crippen LogP contribution in [0.15, 0.2) is 84.9 Å². The Balaban J connectivity index is 1.84. The SMILES string of the molecule is Cc1ccc(N2C(=O)C(c3ccccc3)C(c3ccccc3)C2=O)cc1. The van der Waals surface area contributed by atoms with Crippen LogP contribution in [-0.2, 0) is 9.59 Å². The van der Waals surface area contributed by atoms with Crippen molar-refractivity contribution in [3.8, 4) is 0 Å². The first-order valence-electron chi connectivity index (χ1n) is 8.71. The summed E-state index contributed by atoms with van der Waals surface area (Å²) >= 11 is 0. The van der Waals surface area contributed by atoms with Gasteiger partial charge in [0.2, 0.25) is 11.8 Å². The predicted molar refractivity (Wildman–Crippen MR) is 102 cm³/mol. The van der Waals surface area contributed by atoms with Crippen molar-refractivity contribution in [2.75, 3.05) is 4.90 Å². The van der Waals surface area contributed by atoms with E-state index in [-0.39, 0.29) is 11.8 Å². The Morgan fingerprint density at radius 3 is 1.46 bits per heavy atom. The van der Waals surface area contributed by atoms with Crippen molar-refractivity contribution < 1.29 is 9.59 Å². The first kappa shape index (κ1) is 16.3.